The van der Waals surface area contributed by atoms with E-state index in [0.717, 1.165) is 10.3 Å². The van der Waals surface area contributed by atoms with Gasteiger partial charge >= 0.3 is 0 Å². The van der Waals surface area contributed by atoms with Gasteiger partial charge in [-0.15, -0.1) is 0 Å². The fourth-order valence-corrected chi connectivity index (χ4v) is 5.66. The summed E-state index contributed by atoms with van der Waals surface area (Å²) < 4.78 is 28.5. The number of likely N-dealkylation sites (tertiary alicyclic amines) is 1. The van der Waals surface area contributed by atoms with E-state index < -0.39 is 10.0 Å². The van der Waals surface area contributed by atoms with Crippen LogP contribution in [0.5, 0.6) is 0 Å². The Bertz CT molecular complexity index is 1110. The first-order chi connectivity index (χ1) is 13.5. The highest BCUT2D eigenvalue weighted by molar-refractivity contribution is 7.90. The summed E-state index contributed by atoms with van der Waals surface area (Å²) in [6.45, 7) is 1.06. The molecule has 28 heavy (non-hydrogen) atoms. The summed E-state index contributed by atoms with van der Waals surface area (Å²) in [5, 5.41) is 10.3. The number of carbonyl (C=O) groups excluding carboxylic acids is 1. The Labute approximate surface area is 164 Å². The summed E-state index contributed by atoms with van der Waals surface area (Å²) in [6, 6.07) is 17.3. The molecule has 0 saturated carbocycles. The molecule has 7 heteroatoms. The molecular weight excluding hydrogens is 376 g/mol. The Morgan fingerprint density at radius 1 is 1.07 bits per heavy atom. The van der Waals surface area contributed by atoms with Gasteiger partial charge in [-0.3, -0.25) is 4.79 Å². The molecule has 2 unspecified atom stereocenters. The van der Waals surface area contributed by atoms with E-state index in [-0.39, 0.29) is 29.7 Å². The van der Waals surface area contributed by atoms with Crippen molar-refractivity contribution in [3.63, 3.8) is 0 Å². The molecule has 0 amide bonds. The predicted molar refractivity (Wildman–Crippen MR) is 106 cm³/mol. The molecule has 1 fully saturated rings. The Morgan fingerprint density at radius 3 is 2.54 bits per heavy atom. The molecule has 2 N–H and O–H groups in total. The molecule has 1 aliphatic rings. The highest BCUT2D eigenvalue weighted by atomic mass is 32.2. The van der Waals surface area contributed by atoms with E-state index in [1.807, 2.05) is 24.3 Å². The molecule has 1 aliphatic heterocycles. The van der Waals surface area contributed by atoms with Crippen LogP contribution in [-0.2, 0) is 14.8 Å². The van der Waals surface area contributed by atoms with Gasteiger partial charge in [-0.05, 0) is 24.3 Å². The van der Waals surface area contributed by atoms with Crippen molar-refractivity contribution in [1.29, 1.82) is 0 Å². The molecule has 0 radical (unpaired) electrons. The van der Waals surface area contributed by atoms with Crippen LogP contribution in [0.25, 0.3) is 10.9 Å². The number of piperidine rings is 1. The van der Waals surface area contributed by atoms with E-state index in [2.05, 4.69) is 0 Å². The fraction of sp³-hybridized carbons (Fsp3) is 0.286. The predicted octanol–water partition coefficient (Wildman–Crippen LogP) is 1.16. The SMILES string of the molecule is O=C1CC[NH+](CCO)C(c2cc3ccccc3n2S(=O)(=O)c2ccccc2)C1. The molecule has 2 atom stereocenters. The number of aromatic nitrogens is 1. The Hall–Kier alpha value is -2.48. The first-order valence-electron chi connectivity index (χ1n) is 9.40. The molecular formula is C21H23N2O4S+. The molecule has 1 aromatic heterocycles. The summed E-state index contributed by atoms with van der Waals surface area (Å²) in [7, 11) is -3.83. The molecule has 3 aromatic rings. The number of aliphatic hydroxyl groups excluding tert-OH is 1. The monoisotopic (exact) mass is 399 g/mol. The summed E-state index contributed by atoms with van der Waals surface area (Å²) in [5.41, 5.74) is 1.20. The number of nitrogens with zero attached hydrogens (tertiary/aromatic N) is 1. The minimum absolute atomic E-state index is 0.00825. The maximum absolute atomic E-state index is 13.5. The zero-order valence-electron chi connectivity index (χ0n) is 15.4. The number of para-hydroxylation sites is 1. The summed E-state index contributed by atoms with van der Waals surface area (Å²) in [5.74, 6) is 0.126. The fourth-order valence-electron chi connectivity index (χ4n) is 4.06. The van der Waals surface area contributed by atoms with Crippen LogP contribution in [0.15, 0.2) is 65.6 Å². The van der Waals surface area contributed by atoms with Gasteiger partial charge in [0, 0.05) is 5.39 Å². The highest BCUT2D eigenvalue weighted by Gasteiger charge is 2.36. The van der Waals surface area contributed by atoms with Crippen LogP contribution < -0.4 is 4.90 Å². The number of ketones is 1. The second kappa shape index (κ2) is 7.50. The van der Waals surface area contributed by atoms with Crippen molar-refractivity contribution in [2.24, 2.45) is 0 Å². The third kappa shape index (κ3) is 3.26. The van der Waals surface area contributed by atoms with Crippen LogP contribution >= 0.6 is 0 Å². The Kier molecular flexibility index (Phi) is 5.05. The van der Waals surface area contributed by atoms with Crippen LogP contribution in [0.4, 0.5) is 0 Å². The Morgan fingerprint density at radius 2 is 1.79 bits per heavy atom. The lowest BCUT2D eigenvalue weighted by molar-refractivity contribution is -0.934. The van der Waals surface area contributed by atoms with E-state index in [1.165, 1.54) is 3.97 Å². The Balaban J connectivity index is 1.94. The third-order valence-corrected chi connectivity index (χ3v) is 7.17. The van der Waals surface area contributed by atoms with Crippen molar-refractivity contribution >= 4 is 26.7 Å². The van der Waals surface area contributed by atoms with E-state index in [4.69, 9.17) is 0 Å². The van der Waals surface area contributed by atoms with Crippen LogP contribution in [-0.4, -0.2) is 43.0 Å². The number of nitrogens with one attached hydrogen (secondary N) is 1. The lowest BCUT2D eigenvalue weighted by Gasteiger charge is -2.32. The standard InChI is InChI=1S/C21H22N2O4S/c24-13-12-22-11-10-17(25)15-20(22)21-14-16-6-4-5-9-19(16)23(21)28(26,27)18-7-2-1-3-8-18/h1-9,14,20,24H,10-13,15H2/p+1. The average Bonchev–Trinajstić information content (AvgIpc) is 3.10. The molecule has 0 aliphatic carbocycles. The van der Waals surface area contributed by atoms with E-state index in [0.29, 0.717) is 30.7 Å². The molecule has 0 spiro atoms. The minimum atomic E-state index is -3.83. The maximum atomic E-state index is 13.5. The van der Waals surface area contributed by atoms with Gasteiger partial charge in [0.15, 0.2) is 0 Å². The quantitative estimate of drug-likeness (QED) is 0.675. The van der Waals surface area contributed by atoms with Crippen molar-refractivity contribution in [3.8, 4) is 0 Å². The number of fused-ring (bicyclic) bond motifs is 1. The molecule has 2 aromatic carbocycles. The zero-order valence-corrected chi connectivity index (χ0v) is 16.2. The number of quaternary nitrogens is 1. The van der Waals surface area contributed by atoms with Gasteiger partial charge in [-0.1, -0.05) is 36.4 Å². The normalized spacial score (nSPS) is 20.5. The first-order valence-corrected chi connectivity index (χ1v) is 10.8. The van der Waals surface area contributed by atoms with Gasteiger partial charge in [0.05, 0.1) is 42.1 Å². The van der Waals surface area contributed by atoms with E-state index in [9.17, 15) is 18.3 Å². The summed E-state index contributed by atoms with van der Waals surface area (Å²) >= 11 is 0. The van der Waals surface area contributed by atoms with Crippen molar-refractivity contribution in [1.82, 2.24) is 3.97 Å². The van der Waals surface area contributed by atoms with Crippen LogP contribution in [0.2, 0.25) is 0 Å². The largest absolute Gasteiger partial charge is 0.391 e. The maximum Gasteiger partial charge on any atom is 0.268 e. The number of carbonyl (C=O) groups is 1. The second-order valence-electron chi connectivity index (χ2n) is 7.14. The van der Waals surface area contributed by atoms with Crippen molar-refractivity contribution < 1.29 is 23.2 Å². The lowest BCUT2D eigenvalue weighted by atomic mass is 9.98. The smallest absolute Gasteiger partial charge is 0.268 e. The zero-order chi connectivity index (χ0) is 19.7. The van der Waals surface area contributed by atoms with Crippen LogP contribution in [0.1, 0.15) is 24.6 Å². The number of Topliss-reactive ketones (excluding diaryl/α,β-unsaturated/α-hetero) is 1. The van der Waals surface area contributed by atoms with Gasteiger partial charge < -0.3 is 10.0 Å². The summed E-state index contributed by atoms with van der Waals surface area (Å²) in [4.78, 5) is 13.5. The van der Waals surface area contributed by atoms with Crippen LogP contribution in [0.3, 0.4) is 0 Å². The van der Waals surface area contributed by atoms with Gasteiger partial charge in [0.25, 0.3) is 10.0 Å². The number of benzene rings is 2. The van der Waals surface area contributed by atoms with E-state index >= 15 is 0 Å². The topological polar surface area (TPSA) is 80.8 Å². The first kappa shape index (κ1) is 18.9. The number of aliphatic hydroxyl groups is 1. The molecule has 1 saturated heterocycles. The number of hydrogen-bond donors (Lipinski definition) is 2. The second-order valence-corrected chi connectivity index (χ2v) is 8.92. The van der Waals surface area contributed by atoms with Crippen molar-refractivity contribution in [3.05, 3.63) is 66.4 Å². The van der Waals surface area contributed by atoms with Crippen molar-refractivity contribution in [2.75, 3.05) is 19.7 Å². The van der Waals surface area contributed by atoms with Gasteiger partial charge in [-0.25, -0.2) is 12.4 Å². The van der Waals surface area contributed by atoms with E-state index in [1.54, 1.807) is 36.4 Å². The van der Waals surface area contributed by atoms with Gasteiger partial charge in [-0.2, -0.15) is 0 Å². The highest BCUT2D eigenvalue weighted by Crippen LogP contribution is 2.30. The minimum Gasteiger partial charge on any atom is -0.391 e. The molecule has 4 rings (SSSR count). The van der Waals surface area contributed by atoms with Crippen molar-refractivity contribution in [2.45, 2.75) is 23.8 Å². The molecule has 0 bridgehead atoms. The van der Waals surface area contributed by atoms with Crippen LogP contribution in [0, 0.1) is 0 Å². The lowest BCUT2D eigenvalue weighted by Crippen LogP contribution is -3.14. The third-order valence-electron chi connectivity index (χ3n) is 5.41. The summed E-state index contributed by atoms with van der Waals surface area (Å²) in [6.07, 6.45) is 0.730. The molecule has 2 heterocycles. The molecule has 6 nitrogen and oxygen atoms in total. The van der Waals surface area contributed by atoms with Gasteiger partial charge in [0.2, 0.25) is 0 Å². The number of hydrogen-bond acceptors (Lipinski definition) is 4. The van der Waals surface area contributed by atoms with Gasteiger partial charge in [0.1, 0.15) is 18.4 Å². The average molecular weight is 399 g/mol. The molecule has 146 valence electrons. The number of rotatable bonds is 5.